The number of nitrogens with two attached hydrogens (primary N) is 1. The molecule has 0 saturated heterocycles. The maximum absolute atomic E-state index is 12.1. The lowest BCUT2D eigenvalue weighted by Crippen LogP contribution is -2.55. The molecule has 6 heteroatoms. The summed E-state index contributed by atoms with van der Waals surface area (Å²) in [4.78, 5) is 13.6. The molecule has 100 valence electrons. The molecule has 2 N–H and O–H groups in total. The van der Waals surface area contributed by atoms with Crippen molar-refractivity contribution < 1.29 is 13.2 Å². The summed E-state index contributed by atoms with van der Waals surface area (Å²) < 4.78 is 22.1. The first-order chi connectivity index (χ1) is 7.75. The minimum atomic E-state index is -3.04. The van der Waals surface area contributed by atoms with Gasteiger partial charge in [0.15, 0.2) is 0 Å². The van der Waals surface area contributed by atoms with E-state index in [-0.39, 0.29) is 18.2 Å². The number of carbonyl (C=O) groups excluding carboxylic acids is 1. The first-order valence-electron chi connectivity index (χ1n) is 5.97. The summed E-state index contributed by atoms with van der Waals surface area (Å²) in [6.07, 6.45) is 5.65. The van der Waals surface area contributed by atoms with Gasteiger partial charge in [-0.2, -0.15) is 0 Å². The Balaban J connectivity index is 2.56. The third kappa shape index (κ3) is 4.27. The molecule has 0 atom stereocenters. The van der Waals surface area contributed by atoms with Crippen molar-refractivity contribution in [1.29, 1.82) is 0 Å². The highest BCUT2D eigenvalue weighted by Crippen LogP contribution is 2.27. The van der Waals surface area contributed by atoms with Crippen molar-refractivity contribution in [1.82, 2.24) is 4.90 Å². The van der Waals surface area contributed by atoms with Crippen molar-refractivity contribution in [2.45, 2.75) is 37.6 Å². The standard InChI is InChI=1S/C11H22N2O3S/c1-13(8-9-17(2,15)16)10(14)11(12)6-4-3-5-7-11/h3-9,12H2,1-2H3. The van der Waals surface area contributed by atoms with E-state index in [0.717, 1.165) is 19.3 Å². The minimum absolute atomic E-state index is 0.00861. The first kappa shape index (κ1) is 14.4. The van der Waals surface area contributed by atoms with E-state index in [1.54, 1.807) is 7.05 Å². The molecule has 0 heterocycles. The van der Waals surface area contributed by atoms with E-state index < -0.39 is 15.4 Å². The van der Waals surface area contributed by atoms with Crippen LogP contribution in [0.2, 0.25) is 0 Å². The van der Waals surface area contributed by atoms with Crippen molar-refractivity contribution in [2.24, 2.45) is 5.73 Å². The molecule has 0 unspecified atom stereocenters. The van der Waals surface area contributed by atoms with Crippen LogP contribution in [0.25, 0.3) is 0 Å². The zero-order valence-corrected chi connectivity index (χ0v) is 11.4. The lowest BCUT2D eigenvalue weighted by Gasteiger charge is -2.35. The summed E-state index contributed by atoms with van der Waals surface area (Å²) in [5.41, 5.74) is 5.33. The predicted molar refractivity (Wildman–Crippen MR) is 67.4 cm³/mol. The molecule has 0 bridgehead atoms. The molecule has 0 spiro atoms. The van der Waals surface area contributed by atoms with Crippen molar-refractivity contribution >= 4 is 15.7 Å². The van der Waals surface area contributed by atoms with Gasteiger partial charge in [0, 0.05) is 19.8 Å². The quantitative estimate of drug-likeness (QED) is 0.782. The van der Waals surface area contributed by atoms with Crippen molar-refractivity contribution in [3.05, 3.63) is 0 Å². The van der Waals surface area contributed by atoms with Crippen LogP contribution < -0.4 is 5.73 Å². The third-order valence-electron chi connectivity index (χ3n) is 3.32. The lowest BCUT2D eigenvalue weighted by molar-refractivity contribution is -0.136. The normalized spacial score (nSPS) is 19.9. The van der Waals surface area contributed by atoms with Crippen LogP contribution in [0.15, 0.2) is 0 Å². The molecule has 0 aromatic carbocycles. The van der Waals surface area contributed by atoms with Crippen LogP contribution in [0.1, 0.15) is 32.1 Å². The molecule has 0 aliphatic heterocycles. The van der Waals surface area contributed by atoms with E-state index >= 15 is 0 Å². The zero-order chi connectivity index (χ0) is 13.1. The average molecular weight is 262 g/mol. The molecule has 1 saturated carbocycles. The fourth-order valence-corrected chi connectivity index (χ4v) is 2.79. The van der Waals surface area contributed by atoms with Crippen LogP contribution >= 0.6 is 0 Å². The molecular formula is C11H22N2O3S. The summed E-state index contributed by atoms with van der Waals surface area (Å²) in [5, 5.41) is 0. The summed E-state index contributed by atoms with van der Waals surface area (Å²) in [6.45, 7) is 0.219. The number of hydrogen-bond donors (Lipinski definition) is 1. The van der Waals surface area contributed by atoms with Crippen molar-refractivity contribution in [3.8, 4) is 0 Å². The predicted octanol–water partition coefficient (Wildman–Crippen LogP) is 0.151. The van der Waals surface area contributed by atoms with E-state index in [0.29, 0.717) is 12.8 Å². The van der Waals surface area contributed by atoms with Gasteiger partial charge in [-0.3, -0.25) is 4.79 Å². The molecule has 0 aromatic heterocycles. The van der Waals surface area contributed by atoms with Gasteiger partial charge in [0.2, 0.25) is 5.91 Å². The Kier molecular flexibility index (Phi) is 4.55. The minimum Gasteiger partial charge on any atom is -0.343 e. The van der Waals surface area contributed by atoms with Crippen LogP contribution in [-0.4, -0.2) is 50.4 Å². The molecular weight excluding hydrogens is 240 g/mol. The molecule has 5 nitrogen and oxygen atoms in total. The highest BCUT2D eigenvalue weighted by atomic mass is 32.2. The van der Waals surface area contributed by atoms with Gasteiger partial charge in [-0.05, 0) is 12.8 Å². The summed E-state index contributed by atoms with van der Waals surface area (Å²) >= 11 is 0. The van der Waals surface area contributed by atoms with Gasteiger partial charge in [-0.15, -0.1) is 0 Å². The molecule has 1 aliphatic carbocycles. The second-order valence-electron chi connectivity index (χ2n) is 5.07. The molecule has 1 amide bonds. The maximum Gasteiger partial charge on any atom is 0.242 e. The van der Waals surface area contributed by atoms with Gasteiger partial charge in [-0.25, -0.2) is 8.42 Å². The number of sulfone groups is 1. The number of carbonyl (C=O) groups is 1. The van der Waals surface area contributed by atoms with Crippen LogP contribution in [-0.2, 0) is 14.6 Å². The van der Waals surface area contributed by atoms with E-state index in [1.807, 2.05) is 0 Å². The molecule has 1 aliphatic rings. The van der Waals surface area contributed by atoms with Gasteiger partial charge >= 0.3 is 0 Å². The fourth-order valence-electron chi connectivity index (χ4n) is 2.18. The van der Waals surface area contributed by atoms with Crippen molar-refractivity contribution in [3.63, 3.8) is 0 Å². The summed E-state index contributed by atoms with van der Waals surface area (Å²) in [7, 11) is -1.42. The smallest absolute Gasteiger partial charge is 0.242 e. The largest absolute Gasteiger partial charge is 0.343 e. The van der Waals surface area contributed by atoms with Gasteiger partial charge in [0.1, 0.15) is 9.84 Å². The number of amides is 1. The van der Waals surface area contributed by atoms with Crippen LogP contribution in [0.3, 0.4) is 0 Å². The molecule has 1 fully saturated rings. The number of nitrogens with zero attached hydrogens (tertiary/aromatic N) is 1. The third-order valence-corrected chi connectivity index (χ3v) is 4.24. The molecule has 17 heavy (non-hydrogen) atoms. The average Bonchev–Trinajstić information content (AvgIpc) is 2.25. The molecule has 1 rings (SSSR count). The monoisotopic (exact) mass is 262 g/mol. The maximum atomic E-state index is 12.1. The summed E-state index contributed by atoms with van der Waals surface area (Å²) in [5.74, 6) is -0.133. The van der Waals surface area contributed by atoms with Gasteiger partial charge in [0.25, 0.3) is 0 Å². The number of likely N-dealkylation sites (N-methyl/N-ethyl adjacent to an activating group) is 1. The fraction of sp³-hybridized carbons (Fsp3) is 0.909. The first-order valence-corrected chi connectivity index (χ1v) is 8.03. The Hall–Kier alpha value is -0.620. The Bertz CT molecular complexity index is 372. The highest BCUT2D eigenvalue weighted by molar-refractivity contribution is 7.90. The Morgan fingerprint density at radius 2 is 1.82 bits per heavy atom. The SMILES string of the molecule is CN(CCS(C)(=O)=O)C(=O)C1(N)CCCCC1. The van der Waals surface area contributed by atoms with E-state index in [4.69, 9.17) is 5.73 Å². The van der Waals surface area contributed by atoms with Crippen LogP contribution in [0, 0.1) is 0 Å². The van der Waals surface area contributed by atoms with Crippen LogP contribution in [0.4, 0.5) is 0 Å². The summed E-state index contributed by atoms with van der Waals surface area (Å²) in [6, 6.07) is 0. The van der Waals surface area contributed by atoms with Gasteiger partial charge < -0.3 is 10.6 Å². The zero-order valence-electron chi connectivity index (χ0n) is 10.6. The number of hydrogen-bond acceptors (Lipinski definition) is 4. The van der Waals surface area contributed by atoms with E-state index in [9.17, 15) is 13.2 Å². The van der Waals surface area contributed by atoms with E-state index in [2.05, 4.69) is 0 Å². The Morgan fingerprint density at radius 3 is 2.29 bits per heavy atom. The van der Waals surface area contributed by atoms with Gasteiger partial charge in [-0.1, -0.05) is 19.3 Å². The van der Waals surface area contributed by atoms with Crippen LogP contribution in [0.5, 0.6) is 0 Å². The number of rotatable bonds is 4. The molecule has 0 radical (unpaired) electrons. The second-order valence-corrected chi connectivity index (χ2v) is 7.33. The van der Waals surface area contributed by atoms with Crippen molar-refractivity contribution in [2.75, 3.05) is 25.6 Å². The Labute approximate surface area is 103 Å². The lowest BCUT2D eigenvalue weighted by atomic mass is 9.81. The van der Waals surface area contributed by atoms with E-state index in [1.165, 1.54) is 11.2 Å². The molecule has 0 aromatic rings. The second kappa shape index (κ2) is 5.35. The highest BCUT2D eigenvalue weighted by Gasteiger charge is 2.37. The Morgan fingerprint density at radius 1 is 1.29 bits per heavy atom. The topological polar surface area (TPSA) is 80.5 Å². The van der Waals surface area contributed by atoms with Gasteiger partial charge in [0.05, 0.1) is 11.3 Å².